The third kappa shape index (κ3) is 11.6. The van der Waals surface area contributed by atoms with Crippen molar-refractivity contribution in [3.8, 4) is 0 Å². The second-order valence-electron chi connectivity index (χ2n) is 7.09. The molecule has 0 aromatic rings. The Balaban J connectivity index is 4.98. The Hall–Kier alpha value is -0.600. The minimum atomic E-state index is -0.794. The molecule has 6 nitrogen and oxygen atoms in total. The van der Waals surface area contributed by atoms with Crippen LogP contribution in [0.25, 0.3) is 0 Å². The van der Waals surface area contributed by atoms with Crippen molar-refractivity contribution in [1.82, 2.24) is 5.32 Å². The highest BCUT2D eigenvalue weighted by molar-refractivity contribution is 8.76. The monoisotopic (exact) mass is 366 g/mol. The molecule has 0 heterocycles. The van der Waals surface area contributed by atoms with Crippen molar-refractivity contribution in [1.29, 1.82) is 0 Å². The maximum atomic E-state index is 12.4. The summed E-state index contributed by atoms with van der Waals surface area (Å²) in [7, 11) is 3.14. The standard InChI is InChI=1S/C15H30N2O4S2/c1-14(2,3)20-12(18)11(8-10(9-16)23-22-7)17-13(19)21-15(4,5)6/h10-11H,8-9,16H2,1-7H3,(H,17,19)/t10?,11-/m0/s1. The Morgan fingerprint density at radius 3 is 2.00 bits per heavy atom. The molecule has 2 atom stereocenters. The van der Waals surface area contributed by atoms with E-state index >= 15 is 0 Å². The van der Waals surface area contributed by atoms with Gasteiger partial charge < -0.3 is 20.5 Å². The summed E-state index contributed by atoms with van der Waals surface area (Å²) in [5, 5.41) is 2.63. The summed E-state index contributed by atoms with van der Waals surface area (Å²) in [6.07, 6.45) is 1.69. The highest BCUT2D eigenvalue weighted by Crippen LogP contribution is 2.27. The molecule has 0 spiro atoms. The van der Waals surface area contributed by atoms with E-state index < -0.39 is 29.3 Å². The summed E-state index contributed by atoms with van der Waals surface area (Å²) in [5.74, 6) is -0.483. The predicted molar refractivity (Wildman–Crippen MR) is 97.6 cm³/mol. The first kappa shape index (κ1) is 22.4. The minimum Gasteiger partial charge on any atom is -0.458 e. The van der Waals surface area contributed by atoms with E-state index in [9.17, 15) is 9.59 Å². The topological polar surface area (TPSA) is 90.6 Å². The van der Waals surface area contributed by atoms with Gasteiger partial charge in [0.15, 0.2) is 0 Å². The number of nitrogens with one attached hydrogen (secondary N) is 1. The summed E-state index contributed by atoms with van der Waals surface area (Å²) >= 11 is 0. The van der Waals surface area contributed by atoms with Gasteiger partial charge in [-0.05, 0) is 54.2 Å². The lowest BCUT2D eigenvalue weighted by molar-refractivity contribution is -0.157. The normalized spacial score (nSPS) is 14.8. The molecule has 3 N–H and O–H groups in total. The first-order valence-corrected chi connectivity index (χ1v) is 10.1. The molecule has 0 aromatic carbocycles. The van der Waals surface area contributed by atoms with Gasteiger partial charge >= 0.3 is 12.1 Å². The Morgan fingerprint density at radius 2 is 1.61 bits per heavy atom. The summed E-state index contributed by atoms with van der Waals surface area (Å²) in [6.45, 7) is 11.1. The molecule has 0 radical (unpaired) electrons. The van der Waals surface area contributed by atoms with Gasteiger partial charge in [-0.25, -0.2) is 9.59 Å². The van der Waals surface area contributed by atoms with Gasteiger partial charge in [-0.1, -0.05) is 21.6 Å². The smallest absolute Gasteiger partial charge is 0.408 e. The average Bonchev–Trinajstić information content (AvgIpc) is 2.32. The molecule has 0 aromatic heterocycles. The van der Waals surface area contributed by atoms with E-state index in [0.717, 1.165) is 0 Å². The van der Waals surface area contributed by atoms with E-state index in [4.69, 9.17) is 15.2 Å². The first-order chi connectivity index (χ1) is 10.4. The second kappa shape index (κ2) is 9.64. The van der Waals surface area contributed by atoms with Gasteiger partial charge in [0.05, 0.1) is 0 Å². The van der Waals surface area contributed by atoms with E-state index in [1.165, 1.54) is 0 Å². The Bertz CT molecular complexity index is 392. The number of nitrogens with two attached hydrogens (primary N) is 1. The fourth-order valence-corrected chi connectivity index (χ4v) is 3.52. The Morgan fingerprint density at radius 1 is 1.09 bits per heavy atom. The van der Waals surface area contributed by atoms with Crippen LogP contribution >= 0.6 is 21.6 Å². The van der Waals surface area contributed by atoms with Gasteiger partial charge in [0.1, 0.15) is 17.2 Å². The van der Waals surface area contributed by atoms with E-state index in [0.29, 0.717) is 13.0 Å². The molecule has 0 aliphatic rings. The molecule has 0 saturated heterocycles. The van der Waals surface area contributed by atoms with Gasteiger partial charge in [0, 0.05) is 11.8 Å². The zero-order chi connectivity index (χ0) is 18.3. The van der Waals surface area contributed by atoms with Crippen LogP contribution in [0.15, 0.2) is 0 Å². The van der Waals surface area contributed by atoms with Gasteiger partial charge in [0.25, 0.3) is 0 Å². The molecule has 0 bridgehead atoms. The quantitative estimate of drug-likeness (QED) is 0.529. The fourth-order valence-electron chi connectivity index (χ4n) is 1.61. The van der Waals surface area contributed by atoms with Crippen molar-refractivity contribution in [3.05, 3.63) is 0 Å². The largest absolute Gasteiger partial charge is 0.458 e. The molecular weight excluding hydrogens is 336 g/mol. The minimum absolute atomic E-state index is 0.0254. The number of hydrogen-bond donors (Lipinski definition) is 2. The van der Waals surface area contributed by atoms with E-state index in [2.05, 4.69) is 5.32 Å². The van der Waals surface area contributed by atoms with Crippen LogP contribution in [0.4, 0.5) is 4.79 Å². The van der Waals surface area contributed by atoms with E-state index in [1.54, 1.807) is 63.1 Å². The SMILES string of the molecule is CSSC(CN)C[C@H](NC(=O)OC(C)(C)C)C(=O)OC(C)(C)C. The Kier molecular flexibility index (Phi) is 9.39. The highest BCUT2D eigenvalue weighted by Gasteiger charge is 2.30. The number of rotatable bonds is 7. The van der Waals surface area contributed by atoms with Crippen molar-refractivity contribution in [2.75, 3.05) is 12.8 Å². The van der Waals surface area contributed by atoms with Crippen LogP contribution in [0.5, 0.6) is 0 Å². The molecule has 0 aliphatic carbocycles. The van der Waals surface area contributed by atoms with Crippen LogP contribution in [0.2, 0.25) is 0 Å². The fraction of sp³-hybridized carbons (Fsp3) is 0.867. The zero-order valence-corrected chi connectivity index (χ0v) is 16.7. The number of ether oxygens (including phenoxy) is 2. The zero-order valence-electron chi connectivity index (χ0n) is 15.1. The lowest BCUT2D eigenvalue weighted by atomic mass is 10.1. The van der Waals surface area contributed by atoms with Crippen LogP contribution in [-0.2, 0) is 14.3 Å². The van der Waals surface area contributed by atoms with Gasteiger partial charge in [-0.15, -0.1) is 0 Å². The first-order valence-electron chi connectivity index (χ1n) is 7.50. The Labute approximate surface area is 147 Å². The molecule has 1 unspecified atom stereocenters. The molecular formula is C15H30N2O4S2. The van der Waals surface area contributed by atoms with Crippen LogP contribution in [-0.4, -0.2) is 47.4 Å². The summed E-state index contributed by atoms with van der Waals surface area (Å²) in [4.78, 5) is 24.3. The molecule has 0 saturated carbocycles. The van der Waals surface area contributed by atoms with Crippen LogP contribution in [0.3, 0.4) is 0 Å². The third-order valence-electron chi connectivity index (χ3n) is 2.38. The number of carbonyl (C=O) groups excluding carboxylic acids is 2. The molecule has 1 amide bonds. The molecule has 8 heteroatoms. The maximum absolute atomic E-state index is 12.4. The van der Waals surface area contributed by atoms with Crippen LogP contribution in [0, 0.1) is 0 Å². The molecule has 136 valence electrons. The highest BCUT2D eigenvalue weighted by atomic mass is 33.1. The van der Waals surface area contributed by atoms with Crippen LogP contribution in [0.1, 0.15) is 48.0 Å². The maximum Gasteiger partial charge on any atom is 0.408 e. The molecule has 0 aliphatic heterocycles. The van der Waals surface area contributed by atoms with E-state index in [-0.39, 0.29) is 5.25 Å². The molecule has 0 fully saturated rings. The molecule has 23 heavy (non-hydrogen) atoms. The summed E-state index contributed by atoms with van der Waals surface area (Å²) < 4.78 is 10.6. The van der Waals surface area contributed by atoms with E-state index in [1.807, 2.05) is 6.26 Å². The van der Waals surface area contributed by atoms with Crippen molar-refractivity contribution >= 4 is 33.7 Å². The average molecular weight is 367 g/mol. The van der Waals surface area contributed by atoms with Crippen LogP contribution < -0.4 is 11.1 Å². The third-order valence-corrected chi connectivity index (χ3v) is 4.62. The summed E-state index contributed by atoms with van der Waals surface area (Å²) in [6, 6.07) is -0.794. The summed E-state index contributed by atoms with van der Waals surface area (Å²) in [5.41, 5.74) is 4.47. The van der Waals surface area contributed by atoms with Crippen molar-refractivity contribution in [3.63, 3.8) is 0 Å². The van der Waals surface area contributed by atoms with Crippen molar-refractivity contribution in [2.45, 2.75) is 70.5 Å². The number of carbonyl (C=O) groups is 2. The predicted octanol–water partition coefficient (Wildman–Crippen LogP) is 2.95. The van der Waals surface area contributed by atoms with Gasteiger partial charge in [0.2, 0.25) is 0 Å². The van der Waals surface area contributed by atoms with Gasteiger partial charge in [-0.2, -0.15) is 0 Å². The lowest BCUT2D eigenvalue weighted by Gasteiger charge is -2.27. The second-order valence-corrected chi connectivity index (χ2v) is 9.86. The number of esters is 1. The van der Waals surface area contributed by atoms with Gasteiger partial charge in [-0.3, -0.25) is 0 Å². The van der Waals surface area contributed by atoms with Crippen molar-refractivity contribution < 1.29 is 19.1 Å². The lowest BCUT2D eigenvalue weighted by Crippen LogP contribution is -2.47. The van der Waals surface area contributed by atoms with Crippen molar-refractivity contribution in [2.24, 2.45) is 5.73 Å². The molecule has 0 rings (SSSR count). The number of amides is 1. The number of alkyl carbamates (subject to hydrolysis) is 1. The number of hydrogen-bond acceptors (Lipinski definition) is 7.